The molecule has 0 aromatic heterocycles. The van der Waals surface area contributed by atoms with Crippen LogP contribution >= 0.6 is 0 Å². The minimum absolute atomic E-state index is 0.0641. The first-order valence-corrected chi connectivity index (χ1v) is 10.5. The van der Waals surface area contributed by atoms with E-state index in [0.717, 1.165) is 17.2 Å². The molecule has 0 spiro atoms. The number of anilines is 1. The van der Waals surface area contributed by atoms with Gasteiger partial charge in [-0.3, -0.25) is 14.5 Å². The van der Waals surface area contributed by atoms with E-state index >= 15 is 0 Å². The molecule has 1 aliphatic heterocycles. The van der Waals surface area contributed by atoms with Crippen molar-refractivity contribution in [1.82, 2.24) is 4.90 Å². The fourth-order valence-electron chi connectivity index (χ4n) is 3.93. The van der Waals surface area contributed by atoms with Crippen LogP contribution in [0.5, 0.6) is 11.5 Å². The maximum Gasteiger partial charge on any atom is 0.264 e. The van der Waals surface area contributed by atoms with Gasteiger partial charge in [0.1, 0.15) is 18.2 Å². The molecule has 0 unspecified atom stereocenters. The molecule has 0 atom stereocenters. The van der Waals surface area contributed by atoms with E-state index in [-0.39, 0.29) is 18.5 Å². The van der Waals surface area contributed by atoms with E-state index in [4.69, 9.17) is 9.47 Å². The van der Waals surface area contributed by atoms with Gasteiger partial charge < -0.3 is 14.4 Å². The summed E-state index contributed by atoms with van der Waals surface area (Å²) in [5.41, 5.74) is 1.20. The summed E-state index contributed by atoms with van der Waals surface area (Å²) in [5.74, 6) is 1.10. The number of hydrogen-bond acceptors (Lipinski definition) is 4. The van der Waals surface area contributed by atoms with E-state index in [2.05, 4.69) is 0 Å². The van der Waals surface area contributed by atoms with Crippen LogP contribution in [0.2, 0.25) is 0 Å². The molecule has 0 radical (unpaired) electrons. The lowest BCUT2D eigenvalue weighted by molar-refractivity contribution is -0.127. The second-order valence-electron chi connectivity index (χ2n) is 7.43. The van der Waals surface area contributed by atoms with Crippen LogP contribution in [0, 0.1) is 0 Å². The highest BCUT2D eigenvalue weighted by atomic mass is 16.5. The predicted molar refractivity (Wildman–Crippen MR) is 121 cm³/mol. The Labute approximate surface area is 182 Å². The number of fused-ring (bicyclic) bond motifs is 1. The Morgan fingerprint density at radius 1 is 1.06 bits per heavy atom. The van der Waals surface area contributed by atoms with Crippen molar-refractivity contribution in [2.24, 2.45) is 0 Å². The number of nitrogens with zero attached hydrogens (tertiary/aromatic N) is 2. The van der Waals surface area contributed by atoms with Crippen LogP contribution in [0.25, 0.3) is 10.8 Å². The lowest BCUT2D eigenvalue weighted by Crippen LogP contribution is -2.42. The van der Waals surface area contributed by atoms with Gasteiger partial charge in [0.05, 0.1) is 19.3 Å². The Bertz CT molecular complexity index is 1090. The zero-order valence-electron chi connectivity index (χ0n) is 17.8. The van der Waals surface area contributed by atoms with E-state index in [1.807, 2.05) is 67.6 Å². The number of hydrogen-bond donors (Lipinski definition) is 0. The van der Waals surface area contributed by atoms with Crippen molar-refractivity contribution in [3.05, 3.63) is 66.2 Å². The van der Waals surface area contributed by atoms with Gasteiger partial charge in [-0.2, -0.15) is 0 Å². The van der Waals surface area contributed by atoms with Crippen molar-refractivity contribution >= 4 is 28.3 Å². The van der Waals surface area contributed by atoms with Gasteiger partial charge >= 0.3 is 0 Å². The average molecular weight is 418 g/mol. The summed E-state index contributed by atoms with van der Waals surface area (Å²) in [7, 11) is 1.60. The van der Waals surface area contributed by atoms with Gasteiger partial charge in [-0.25, -0.2) is 0 Å². The molecule has 4 rings (SSSR count). The summed E-state index contributed by atoms with van der Waals surface area (Å²) in [6.45, 7) is 3.19. The lowest BCUT2D eigenvalue weighted by Gasteiger charge is -2.29. The molecular weight excluding hydrogens is 392 g/mol. The lowest BCUT2D eigenvalue weighted by atomic mass is 10.0. The van der Waals surface area contributed by atoms with Gasteiger partial charge in [-0.05, 0) is 54.4 Å². The average Bonchev–Trinajstić information content (AvgIpc) is 3.21. The Morgan fingerprint density at radius 2 is 1.84 bits per heavy atom. The third-order valence-electron chi connectivity index (χ3n) is 5.52. The molecule has 0 N–H and O–H groups in total. The molecule has 6 heteroatoms. The van der Waals surface area contributed by atoms with Crippen molar-refractivity contribution in [3.63, 3.8) is 0 Å². The molecule has 3 aromatic carbocycles. The van der Waals surface area contributed by atoms with Gasteiger partial charge in [0.15, 0.2) is 0 Å². The number of carbonyl (C=O) groups excluding carboxylic acids is 2. The summed E-state index contributed by atoms with van der Waals surface area (Å²) in [6, 6.07) is 18.9. The fraction of sp³-hybridized carbons (Fsp3) is 0.280. The molecule has 2 amide bonds. The number of carbonyl (C=O) groups is 2. The summed E-state index contributed by atoms with van der Waals surface area (Å²) in [4.78, 5) is 29.7. The van der Waals surface area contributed by atoms with Crippen LogP contribution in [0.1, 0.15) is 30.1 Å². The highest BCUT2D eigenvalue weighted by Gasteiger charge is 2.29. The number of benzene rings is 3. The second kappa shape index (κ2) is 9.08. The summed E-state index contributed by atoms with van der Waals surface area (Å²) in [6.07, 6.45) is 1.32. The number of ether oxygens (including phenoxy) is 2. The number of amides is 2. The summed E-state index contributed by atoms with van der Waals surface area (Å²) in [5, 5.41) is 1.78. The molecule has 1 saturated heterocycles. The first kappa shape index (κ1) is 20.7. The Kier molecular flexibility index (Phi) is 6.07. The van der Waals surface area contributed by atoms with E-state index in [1.54, 1.807) is 16.9 Å². The van der Waals surface area contributed by atoms with Crippen LogP contribution in [-0.2, 0) is 4.79 Å². The fourth-order valence-corrected chi connectivity index (χ4v) is 3.93. The standard InChI is InChI=1S/C25H26N2O4/c1-3-31-22-15-10-18-7-4-5-8-21(18)24(22)25(29)27(17-26-16-6-9-23(26)28)19-11-13-20(30-2)14-12-19/h4-5,7-8,10-15H,3,6,9,16-17H2,1-2H3. The number of rotatable bonds is 7. The second-order valence-corrected chi connectivity index (χ2v) is 7.43. The highest BCUT2D eigenvalue weighted by molar-refractivity contribution is 6.16. The first-order valence-electron chi connectivity index (χ1n) is 10.5. The van der Waals surface area contributed by atoms with Crippen molar-refractivity contribution < 1.29 is 19.1 Å². The smallest absolute Gasteiger partial charge is 0.264 e. The molecule has 6 nitrogen and oxygen atoms in total. The van der Waals surface area contributed by atoms with Crippen molar-refractivity contribution in [3.8, 4) is 11.5 Å². The topological polar surface area (TPSA) is 59.1 Å². The van der Waals surface area contributed by atoms with Gasteiger partial charge in [-0.15, -0.1) is 0 Å². The van der Waals surface area contributed by atoms with Crippen LogP contribution < -0.4 is 14.4 Å². The van der Waals surface area contributed by atoms with Crippen LogP contribution in [0.15, 0.2) is 60.7 Å². The molecule has 1 aliphatic rings. The maximum atomic E-state index is 14.0. The quantitative estimate of drug-likeness (QED) is 0.568. The number of likely N-dealkylation sites (tertiary alicyclic amines) is 1. The summed E-state index contributed by atoms with van der Waals surface area (Å²) < 4.78 is 11.1. The highest BCUT2D eigenvalue weighted by Crippen LogP contribution is 2.32. The maximum absolute atomic E-state index is 14.0. The summed E-state index contributed by atoms with van der Waals surface area (Å²) >= 11 is 0. The largest absolute Gasteiger partial charge is 0.497 e. The van der Waals surface area contributed by atoms with Gasteiger partial charge in [-0.1, -0.05) is 30.3 Å². The Morgan fingerprint density at radius 3 is 2.52 bits per heavy atom. The zero-order chi connectivity index (χ0) is 21.8. The SMILES string of the molecule is CCOc1ccc2ccccc2c1C(=O)N(CN1CCCC1=O)c1ccc(OC)cc1. The van der Waals surface area contributed by atoms with E-state index in [9.17, 15) is 9.59 Å². The normalized spacial score (nSPS) is 13.5. The van der Waals surface area contributed by atoms with Gasteiger partial charge in [0, 0.05) is 18.7 Å². The molecule has 160 valence electrons. The predicted octanol–water partition coefficient (Wildman–Crippen LogP) is 4.47. The minimum Gasteiger partial charge on any atom is -0.497 e. The molecule has 1 heterocycles. The third kappa shape index (κ3) is 4.19. The Hall–Kier alpha value is -3.54. The molecular formula is C25H26N2O4. The molecule has 0 aliphatic carbocycles. The third-order valence-corrected chi connectivity index (χ3v) is 5.52. The van der Waals surface area contributed by atoms with Crippen molar-refractivity contribution in [1.29, 1.82) is 0 Å². The minimum atomic E-state index is -0.204. The van der Waals surface area contributed by atoms with Crippen molar-refractivity contribution in [2.45, 2.75) is 19.8 Å². The molecule has 0 saturated carbocycles. The molecule has 0 bridgehead atoms. The molecule has 31 heavy (non-hydrogen) atoms. The van der Waals surface area contributed by atoms with Crippen LogP contribution in [0.4, 0.5) is 5.69 Å². The van der Waals surface area contributed by atoms with E-state index in [0.29, 0.717) is 42.3 Å². The molecule has 3 aromatic rings. The van der Waals surface area contributed by atoms with E-state index < -0.39 is 0 Å². The van der Waals surface area contributed by atoms with Crippen LogP contribution in [-0.4, -0.2) is 43.6 Å². The van der Waals surface area contributed by atoms with Crippen LogP contribution in [0.3, 0.4) is 0 Å². The molecule has 1 fully saturated rings. The number of methoxy groups -OCH3 is 1. The van der Waals surface area contributed by atoms with E-state index in [1.165, 1.54) is 0 Å². The first-order chi connectivity index (χ1) is 15.1. The van der Waals surface area contributed by atoms with Gasteiger partial charge in [0.2, 0.25) is 5.91 Å². The van der Waals surface area contributed by atoms with Gasteiger partial charge in [0.25, 0.3) is 5.91 Å². The van der Waals surface area contributed by atoms with Crippen molar-refractivity contribution in [2.75, 3.05) is 31.8 Å². The zero-order valence-corrected chi connectivity index (χ0v) is 17.8. The monoisotopic (exact) mass is 418 g/mol. The Balaban J connectivity index is 1.81.